The lowest BCUT2D eigenvalue weighted by Crippen LogP contribution is -2.42. The molecule has 0 aromatic carbocycles. The first-order chi connectivity index (χ1) is 7.90. The molecule has 17 heavy (non-hydrogen) atoms. The van der Waals surface area contributed by atoms with Crippen molar-refractivity contribution in [1.82, 2.24) is 15.1 Å². The summed E-state index contributed by atoms with van der Waals surface area (Å²) in [4.78, 5) is 11.5. The zero-order chi connectivity index (χ0) is 12.9. The topological polar surface area (TPSA) is 65.4 Å². The van der Waals surface area contributed by atoms with Gasteiger partial charge < -0.3 is 14.8 Å². The van der Waals surface area contributed by atoms with Crippen LogP contribution in [0, 0.1) is 0 Å². The summed E-state index contributed by atoms with van der Waals surface area (Å²) < 4.78 is 11.7. The molecule has 0 atom stereocenters. The number of methoxy groups -OCH3 is 1. The molecular weight excluding hydrogens is 222 g/mol. The highest BCUT2D eigenvalue weighted by Crippen LogP contribution is 2.09. The van der Waals surface area contributed by atoms with Crippen molar-refractivity contribution in [2.24, 2.45) is 0 Å². The Morgan fingerprint density at radius 1 is 1.53 bits per heavy atom. The number of carbonyl (C=O) groups is 1. The normalized spacial score (nSPS) is 11.3. The van der Waals surface area contributed by atoms with Crippen LogP contribution in [0.1, 0.15) is 20.8 Å². The smallest absolute Gasteiger partial charge is 0.407 e. The Morgan fingerprint density at radius 3 is 2.82 bits per heavy atom. The van der Waals surface area contributed by atoms with E-state index in [4.69, 9.17) is 9.47 Å². The number of ether oxygens (including phenoxy) is 2. The molecule has 0 fully saturated rings. The van der Waals surface area contributed by atoms with Gasteiger partial charge in [0, 0.05) is 12.6 Å². The van der Waals surface area contributed by atoms with Crippen molar-refractivity contribution in [3.8, 4) is 5.75 Å². The summed E-state index contributed by atoms with van der Waals surface area (Å²) in [5.41, 5.74) is -0.316. The molecule has 1 rings (SSSR count). The molecule has 0 spiro atoms. The van der Waals surface area contributed by atoms with Gasteiger partial charge in [-0.05, 0) is 20.8 Å². The number of carbonyl (C=O) groups excluding carboxylic acids is 1. The van der Waals surface area contributed by atoms with E-state index in [1.165, 1.54) is 6.20 Å². The Kier molecular flexibility index (Phi) is 4.51. The van der Waals surface area contributed by atoms with Crippen LogP contribution in [0.2, 0.25) is 0 Å². The monoisotopic (exact) mass is 241 g/mol. The summed E-state index contributed by atoms with van der Waals surface area (Å²) in [5.74, 6) is 0.419. The number of hydrogen-bond donors (Lipinski definition) is 1. The summed E-state index contributed by atoms with van der Waals surface area (Å²) >= 11 is 0. The second kappa shape index (κ2) is 5.67. The van der Waals surface area contributed by atoms with Crippen LogP contribution in [0.3, 0.4) is 0 Å². The Labute approximate surface area is 101 Å². The van der Waals surface area contributed by atoms with E-state index in [-0.39, 0.29) is 5.54 Å². The molecule has 1 N–H and O–H groups in total. The minimum absolute atomic E-state index is 0.316. The van der Waals surface area contributed by atoms with Crippen LogP contribution in [0.25, 0.3) is 0 Å². The molecule has 1 aromatic heterocycles. The average molecular weight is 241 g/mol. The van der Waals surface area contributed by atoms with Crippen molar-refractivity contribution < 1.29 is 14.3 Å². The van der Waals surface area contributed by atoms with Gasteiger partial charge in [0.15, 0.2) is 5.75 Å². The van der Waals surface area contributed by atoms with Gasteiger partial charge in [-0.1, -0.05) is 0 Å². The zero-order valence-electron chi connectivity index (χ0n) is 10.7. The lowest BCUT2D eigenvalue weighted by molar-refractivity contribution is 0.183. The van der Waals surface area contributed by atoms with E-state index in [9.17, 15) is 4.79 Å². The molecule has 0 bridgehead atoms. The molecule has 6 nitrogen and oxygen atoms in total. The summed E-state index contributed by atoms with van der Waals surface area (Å²) in [7, 11) is 1.62. The molecular formula is C11H19N3O3. The van der Waals surface area contributed by atoms with Crippen molar-refractivity contribution in [2.75, 3.05) is 13.7 Å². The predicted octanol–water partition coefficient (Wildman–Crippen LogP) is 1.42. The van der Waals surface area contributed by atoms with Gasteiger partial charge in [0.2, 0.25) is 0 Å². The Balaban J connectivity index is 2.46. The van der Waals surface area contributed by atoms with Gasteiger partial charge in [-0.3, -0.25) is 4.68 Å². The molecule has 0 aliphatic heterocycles. The maximum absolute atomic E-state index is 11.5. The van der Waals surface area contributed by atoms with Crippen molar-refractivity contribution in [3.05, 3.63) is 12.4 Å². The fourth-order valence-electron chi connectivity index (χ4n) is 1.14. The SMILES string of the molecule is COCCn1cc(OC(=O)NC(C)(C)C)cn1. The van der Waals surface area contributed by atoms with E-state index in [1.807, 2.05) is 20.8 Å². The highest BCUT2D eigenvalue weighted by Gasteiger charge is 2.15. The predicted molar refractivity (Wildman–Crippen MR) is 63.0 cm³/mol. The molecule has 0 saturated carbocycles. The Bertz CT molecular complexity index is 368. The first-order valence-corrected chi connectivity index (χ1v) is 5.42. The van der Waals surface area contributed by atoms with Crippen LogP contribution in [0.5, 0.6) is 5.75 Å². The number of nitrogens with one attached hydrogen (secondary N) is 1. The van der Waals surface area contributed by atoms with Crippen LogP contribution in [0.15, 0.2) is 12.4 Å². The van der Waals surface area contributed by atoms with Gasteiger partial charge in [0.1, 0.15) is 0 Å². The van der Waals surface area contributed by atoms with E-state index >= 15 is 0 Å². The molecule has 0 radical (unpaired) electrons. The maximum Gasteiger partial charge on any atom is 0.413 e. The lowest BCUT2D eigenvalue weighted by Gasteiger charge is -2.19. The molecule has 1 amide bonds. The van der Waals surface area contributed by atoms with Crippen molar-refractivity contribution in [2.45, 2.75) is 32.9 Å². The van der Waals surface area contributed by atoms with Gasteiger partial charge in [0.25, 0.3) is 0 Å². The van der Waals surface area contributed by atoms with Gasteiger partial charge in [0.05, 0.1) is 25.5 Å². The summed E-state index contributed by atoms with van der Waals surface area (Å²) in [6, 6.07) is 0. The maximum atomic E-state index is 11.5. The third-order valence-corrected chi connectivity index (χ3v) is 1.82. The minimum Gasteiger partial charge on any atom is -0.407 e. The van der Waals surface area contributed by atoms with Crippen LogP contribution in [0.4, 0.5) is 4.79 Å². The molecule has 0 unspecified atom stereocenters. The number of hydrogen-bond acceptors (Lipinski definition) is 4. The fourth-order valence-corrected chi connectivity index (χ4v) is 1.14. The average Bonchev–Trinajstić information content (AvgIpc) is 2.59. The minimum atomic E-state index is -0.483. The van der Waals surface area contributed by atoms with E-state index < -0.39 is 6.09 Å². The molecule has 0 aliphatic carbocycles. The van der Waals surface area contributed by atoms with Crippen molar-refractivity contribution in [1.29, 1.82) is 0 Å². The molecule has 1 heterocycles. The van der Waals surface area contributed by atoms with Gasteiger partial charge >= 0.3 is 6.09 Å². The number of nitrogens with zero attached hydrogens (tertiary/aromatic N) is 2. The second-order valence-electron chi connectivity index (χ2n) is 4.70. The lowest BCUT2D eigenvalue weighted by atomic mass is 10.1. The second-order valence-corrected chi connectivity index (χ2v) is 4.70. The summed E-state index contributed by atoms with van der Waals surface area (Å²) in [6.45, 7) is 6.85. The van der Waals surface area contributed by atoms with Crippen molar-refractivity contribution >= 4 is 6.09 Å². The van der Waals surface area contributed by atoms with E-state index in [1.54, 1.807) is 18.0 Å². The standard InChI is InChI=1S/C11H19N3O3/c1-11(2,3)13-10(15)17-9-7-12-14(8-9)5-6-16-4/h7-8H,5-6H2,1-4H3,(H,13,15). The van der Waals surface area contributed by atoms with Gasteiger partial charge in [-0.2, -0.15) is 5.10 Å². The van der Waals surface area contributed by atoms with E-state index in [0.29, 0.717) is 18.9 Å². The molecule has 1 aromatic rings. The summed E-state index contributed by atoms with van der Waals surface area (Å²) in [5, 5.41) is 6.73. The quantitative estimate of drug-likeness (QED) is 0.865. The highest BCUT2D eigenvalue weighted by molar-refractivity contribution is 5.70. The van der Waals surface area contributed by atoms with Crippen LogP contribution in [-0.4, -0.2) is 35.1 Å². The molecule has 0 saturated heterocycles. The van der Waals surface area contributed by atoms with Crippen LogP contribution in [-0.2, 0) is 11.3 Å². The third kappa shape index (κ3) is 5.35. The molecule has 0 aliphatic rings. The highest BCUT2D eigenvalue weighted by atomic mass is 16.6. The van der Waals surface area contributed by atoms with Crippen LogP contribution >= 0.6 is 0 Å². The Morgan fingerprint density at radius 2 is 2.24 bits per heavy atom. The van der Waals surface area contributed by atoms with Gasteiger partial charge in [-0.15, -0.1) is 0 Å². The van der Waals surface area contributed by atoms with E-state index in [2.05, 4.69) is 10.4 Å². The first kappa shape index (κ1) is 13.5. The molecule has 6 heteroatoms. The summed E-state index contributed by atoms with van der Waals surface area (Å²) in [6.07, 6.45) is 2.67. The fraction of sp³-hybridized carbons (Fsp3) is 0.636. The van der Waals surface area contributed by atoms with Crippen LogP contribution < -0.4 is 10.1 Å². The molecule has 96 valence electrons. The number of rotatable bonds is 4. The van der Waals surface area contributed by atoms with E-state index in [0.717, 1.165) is 0 Å². The number of amides is 1. The third-order valence-electron chi connectivity index (χ3n) is 1.82. The Hall–Kier alpha value is -1.56. The van der Waals surface area contributed by atoms with Crippen molar-refractivity contribution in [3.63, 3.8) is 0 Å². The number of aromatic nitrogens is 2. The zero-order valence-corrected chi connectivity index (χ0v) is 10.7. The first-order valence-electron chi connectivity index (χ1n) is 5.42. The largest absolute Gasteiger partial charge is 0.413 e. The van der Waals surface area contributed by atoms with Gasteiger partial charge in [-0.25, -0.2) is 4.79 Å².